The van der Waals surface area contributed by atoms with Gasteiger partial charge in [-0.25, -0.2) is 4.98 Å². The first-order chi connectivity index (χ1) is 19.3. The van der Waals surface area contributed by atoms with Crippen LogP contribution >= 0.6 is 11.3 Å². The fourth-order valence-electron chi connectivity index (χ4n) is 5.46. The van der Waals surface area contributed by atoms with Crippen LogP contribution in [0.4, 0.5) is 0 Å². The lowest BCUT2D eigenvalue weighted by molar-refractivity contribution is 0.750. The highest BCUT2D eigenvalue weighted by molar-refractivity contribution is 7.17. The molecule has 0 amide bonds. The van der Waals surface area contributed by atoms with Gasteiger partial charge in [-0.2, -0.15) is 0 Å². The van der Waals surface area contributed by atoms with Crippen LogP contribution in [0.15, 0.2) is 96.4 Å². The van der Waals surface area contributed by atoms with Crippen molar-refractivity contribution in [1.29, 1.82) is 0 Å². The molecule has 0 aliphatic carbocycles. The fraction of sp³-hybridized carbons (Fsp3) is 0.229. The van der Waals surface area contributed by atoms with Crippen LogP contribution in [0.25, 0.3) is 32.5 Å². The van der Waals surface area contributed by atoms with Crippen molar-refractivity contribution in [2.24, 2.45) is 0 Å². The minimum atomic E-state index is -1.60. The Morgan fingerprint density at radius 3 is 2.24 bits per heavy atom. The van der Waals surface area contributed by atoms with Crippen LogP contribution in [0.2, 0.25) is 0 Å². The maximum atomic E-state index is 8.97. The first-order valence-electron chi connectivity index (χ1n) is 14.4. The zero-order valence-corrected chi connectivity index (χ0v) is 23.2. The average molecular weight is 517 g/mol. The van der Waals surface area contributed by atoms with E-state index in [1.54, 1.807) is 11.3 Å². The Morgan fingerprint density at radius 2 is 1.50 bits per heavy atom. The molecule has 0 spiro atoms. The number of thiophene rings is 1. The van der Waals surface area contributed by atoms with E-state index in [4.69, 9.17) is 7.73 Å². The normalized spacial score (nSPS) is 13.0. The summed E-state index contributed by atoms with van der Waals surface area (Å²) in [5.41, 5.74) is 8.58. The van der Waals surface area contributed by atoms with Gasteiger partial charge in [-0.1, -0.05) is 94.4 Å². The molecule has 3 heteroatoms. The summed E-state index contributed by atoms with van der Waals surface area (Å²) in [4.78, 5) is 5.18. The molecule has 6 aromatic rings. The Hall–Kier alpha value is -3.69. The molecule has 0 saturated carbocycles. The van der Waals surface area contributed by atoms with Crippen LogP contribution in [0.1, 0.15) is 70.1 Å². The van der Waals surface area contributed by atoms with Crippen molar-refractivity contribution in [3.05, 3.63) is 124 Å². The van der Waals surface area contributed by atoms with Gasteiger partial charge < -0.3 is 4.57 Å². The Balaban J connectivity index is 1.55. The second-order valence-electron chi connectivity index (χ2n) is 10.6. The Morgan fingerprint density at radius 1 is 0.789 bits per heavy atom. The number of aromatic nitrogens is 2. The highest BCUT2D eigenvalue weighted by Gasteiger charge is 2.20. The zero-order valence-electron chi connectivity index (χ0n) is 24.4. The molecule has 38 heavy (non-hydrogen) atoms. The van der Waals surface area contributed by atoms with Gasteiger partial charge >= 0.3 is 0 Å². The van der Waals surface area contributed by atoms with Gasteiger partial charge in [-0.15, -0.1) is 11.3 Å². The molecular weight excluding hydrogens is 480 g/mol. The molecule has 6 rings (SSSR count). The summed E-state index contributed by atoms with van der Waals surface area (Å²) >= 11 is 1.69. The SMILES string of the molecule is [2H]C([2H])(c1ccccc1)c1ccc2scc(-c3nc4ccccc4n3Cc3c(C(C)C)cccc3C(C)C)c2c1. The molecule has 0 bridgehead atoms. The van der Waals surface area contributed by atoms with Crippen LogP contribution in [0, 0.1) is 0 Å². The third-order valence-corrected chi connectivity index (χ3v) is 8.30. The maximum absolute atomic E-state index is 8.97. The van der Waals surface area contributed by atoms with E-state index < -0.39 is 6.37 Å². The molecule has 0 saturated heterocycles. The number of imidazole rings is 1. The van der Waals surface area contributed by atoms with Crippen molar-refractivity contribution < 1.29 is 2.74 Å². The molecule has 0 radical (unpaired) electrons. The number of hydrogen-bond donors (Lipinski definition) is 0. The lowest BCUT2D eigenvalue weighted by atomic mass is 9.88. The van der Waals surface area contributed by atoms with Crippen molar-refractivity contribution >= 4 is 32.5 Å². The Labute approximate surface area is 232 Å². The number of fused-ring (bicyclic) bond motifs is 2. The third-order valence-electron chi connectivity index (χ3n) is 7.34. The summed E-state index contributed by atoms with van der Waals surface area (Å²) in [6, 6.07) is 30.5. The first kappa shape index (κ1) is 22.3. The van der Waals surface area contributed by atoms with E-state index in [2.05, 4.69) is 80.1 Å². The smallest absolute Gasteiger partial charge is 0.142 e. The van der Waals surface area contributed by atoms with Crippen molar-refractivity contribution in [2.75, 3.05) is 0 Å². The van der Waals surface area contributed by atoms with E-state index in [0.717, 1.165) is 39.1 Å². The van der Waals surface area contributed by atoms with Gasteiger partial charge in [0.1, 0.15) is 5.82 Å². The summed E-state index contributed by atoms with van der Waals surface area (Å²) in [5, 5.41) is 3.22. The van der Waals surface area contributed by atoms with Crippen molar-refractivity contribution in [3.8, 4) is 11.4 Å². The van der Waals surface area contributed by atoms with Gasteiger partial charge in [0.25, 0.3) is 0 Å². The lowest BCUT2D eigenvalue weighted by Crippen LogP contribution is -2.10. The van der Waals surface area contributed by atoms with E-state index in [0.29, 0.717) is 23.0 Å². The van der Waals surface area contributed by atoms with Gasteiger partial charge in [-0.3, -0.25) is 0 Å². The molecule has 2 nitrogen and oxygen atoms in total. The van der Waals surface area contributed by atoms with E-state index in [9.17, 15) is 0 Å². The number of hydrogen-bond acceptors (Lipinski definition) is 2. The topological polar surface area (TPSA) is 17.8 Å². The van der Waals surface area contributed by atoms with Crippen LogP contribution < -0.4 is 0 Å². The summed E-state index contributed by atoms with van der Waals surface area (Å²) in [5.74, 6) is 1.76. The molecule has 0 unspecified atom stereocenters. The monoisotopic (exact) mass is 516 g/mol. The minimum Gasteiger partial charge on any atom is -0.319 e. The Bertz CT molecular complexity index is 1790. The Kier molecular flexibility index (Phi) is 6.00. The first-order valence-corrected chi connectivity index (χ1v) is 14.3. The molecule has 0 fully saturated rings. The molecule has 0 atom stereocenters. The van der Waals surface area contributed by atoms with Crippen molar-refractivity contribution in [1.82, 2.24) is 9.55 Å². The largest absolute Gasteiger partial charge is 0.319 e. The number of nitrogens with zero attached hydrogens (tertiary/aromatic N) is 2. The number of benzene rings is 4. The minimum absolute atomic E-state index is 0.414. The summed E-state index contributed by atoms with van der Waals surface area (Å²) in [6.07, 6.45) is -1.60. The summed E-state index contributed by atoms with van der Waals surface area (Å²) in [7, 11) is 0. The highest BCUT2D eigenvalue weighted by Crippen LogP contribution is 2.38. The van der Waals surface area contributed by atoms with E-state index >= 15 is 0 Å². The van der Waals surface area contributed by atoms with Crippen LogP contribution in [0.3, 0.4) is 0 Å². The van der Waals surface area contributed by atoms with E-state index in [1.807, 2.05) is 48.5 Å². The van der Waals surface area contributed by atoms with Crippen molar-refractivity contribution in [2.45, 2.75) is 52.4 Å². The molecule has 0 aliphatic rings. The second-order valence-corrected chi connectivity index (χ2v) is 11.5. The number of para-hydroxylation sites is 2. The molecule has 190 valence electrons. The standard InChI is InChI=1S/C35H34N2S/c1-23(2)27-13-10-14-28(24(3)4)30(27)21-37-33-16-9-8-15-32(33)36-35(37)31-22-38-34-18-17-26(20-29(31)34)19-25-11-6-5-7-12-25/h5-18,20,22-24H,19,21H2,1-4H3/i19D2. The van der Waals surface area contributed by atoms with E-state index in [-0.39, 0.29) is 0 Å². The number of rotatable bonds is 7. The van der Waals surface area contributed by atoms with Gasteiger partial charge in [0.2, 0.25) is 0 Å². The molecule has 2 aromatic heterocycles. The van der Waals surface area contributed by atoms with Crippen molar-refractivity contribution in [3.63, 3.8) is 0 Å². The molecular formula is C35H34N2S. The van der Waals surface area contributed by atoms with Crippen LogP contribution in [-0.2, 0) is 12.9 Å². The predicted molar refractivity (Wildman–Crippen MR) is 164 cm³/mol. The molecule has 0 aliphatic heterocycles. The summed E-state index contributed by atoms with van der Waals surface area (Å²) < 4.78 is 21.4. The van der Waals surface area contributed by atoms with Crippen LogP contribution in [0.5, 0.6) is 0 Å². The second kappa shape index (κ2) is 10.2. The van der Waals surface area contributed by atoms with Gasteiger partial charge in [-0.05, 0) is 70.3 Å². The van der Waals surface area contributed by atoms with Crippen LogP contribution in [-0.4, -0.2) is 9.55 Å². The molecule has 0 N–H and O–H groups in total. The quantitative estimate of drug-likeness (QED) is 0.206. The van der Waals surface area contributed by atoms with Gasteiger partial charge in [0.15, 0.2) is 0 Å². The highest BCUT2D eigenvalue weighted by atomic mass is 32.1. The molecule has 2 heterocycles. The van der Waals surface area contributed by atoms with E-state index in [1.165, 1.54) is 16.7 Å². The zero-order chi connectivity index (χ0) is 28.0. The average Bonchev–Trinajstić information content (AvgIpc) is 3.54. The van der Waals surface area contributed by atoms with Gasteiger partial charge in [0, 0.05) is 23.8 Å². The fourth-order valence-corrected chi connectivity index (χ4v) is 6.37. The third kappa shape index (κ3) is 4.56. The summed E-state index contributed by atoms with van der Waals surface area (Å²) in [6.45, 7) is 9.81. The van der Waals surface area contributed by atoms with Gasteiger partial charge in [0.05, 0.1) is 17.6 Å². The molecule has 4 aromatic carbocycles. The maximum Gasteiger partial charge on any atom is 0.142 e. The lowest BCUT2D eigenvalue weighted by Gasteiger charge is -2.21. The predicted octanol–water partition coefficient (Wildman–Crippen LogP) is 9.80.